The standard InChI is InChI=1S/C27H34F3NO7/c1-3-16-35-17-7-14-31(26(34)38-23-9-6-5-8-22(23)27(28,29)30)15-18-37-21-12-10-20(11-13-21)19-24(25(32)33)36-4-2/h5-6,8-13,24H,3-4,7,14-19H2,1-2H3,(H,32,33). The summed E-state index contributed by atoms with van der Waals surface area (Å²) >= 11 is 0. The molecule has 0 spiro atoms. The van der Waals surface area contributed by atoms with Gasteiger partial charge in [-0.2, -0.15) is 13.2 Å². The number of carbonyl (C=O) groups excluding carboxylic acids is 1. The smallest absolute Gasteiger partial charge is 0.419 e. The largest absolute Gasteiger partial charge is 0.492 e. The van der Waals surface area contributed by atoms with Crippen molar-refractivity contribution in [2.45, 2.75) is 45.4 Å². The Kier molecular flexibility index (Phi) is 12.9. The van der Waals surface area contributed by atoms with Gasteiger partial charge in [0.1, 0.15) is 18.1 Å². The van der Waals surface area contributed by atoms with Crippen LogP contribution in [-0.4, -0.2) is 67.7 Å². The summed E-state index contributed by atoms with van der Waals surface area (Å²) in [4.78, 5) is 25.3. The third-order valence-corrected chi connectivity index (χ3v) is 5.33. The summed E-state index contributed by atoms with van der Waals surface area (Å²) in [6.45, 7) is 5.25. The molecule has 0 aromatic heterocycles. The first-order valence-electron chi connectivity index (χ1n) is 12.4. The second-order valence-electron chi connectivity index (χ2n) is 8.29. The van der Waals surface area contributed by atoms with Crippen molar-refractivity contribution in [3.8, 4) is 11.5 Å². The van der Waals surface area contributed by atoms with E-state index in [4.69, 9.17) is 18.9 Å². The number of alkyl halides is 3. The molecule has 1 unspecified atom stereocenters. The molecule has 0 fully saturated rings. The molecule has 1 N–H and O–H groups in total. The van der Waals surface area contributed by atoms with Crippen LogP contribution in [0, 0.1) is 0 Å². The molecule has 1 amide bonds. The number of amides is 1. The first-order chi connectivity index (χ1) is 18.2. The highest BCUT2D eigenvalue weighted by Gasteiger charge is 2.35. The Morgan fingerprint density at radius 1 is 0.974 bits per heavy atom. The Balaban J connectivity index is 1.99. The van der Waals surface area contributed by atoms with Gasteiger partial charge in [-0.25, -0.2) is 9.59 Å². The maximum atomic E-state index is 13.3. The minimum atomic E-state index is -4.67. The van der Waals surface area contributed by atoms with Gasteiger partial charge in [0, 0.05) is 32.8 Å². The third-order valence-electron chi connectivity index (χ3n) is 5.33. The number of carboxylic acids is 1. The average molecular weight is 542 g/mol. The van der Waals surface area contributed by atoms with Gasteiger partial charge in [0.2, 0.25) is 0 Å². The second-order valence-corrected chi connectivity index (χ2v) is 8.29. The molecule has 0 heterocycles. The predicted octanol–water partition coefficient (Wildman–Crippen LogP) is 5.43. The Bertz CT molecular complexity index is 999. The quantitative estimate of drug-likeness (QED) is 0.283. The van der Waals surface area contributed by atoms with E-state index >= 15 is 0 Å². The fourth-order valence-electron chi connectivity index (χ4n) is 3.47. The fraction of sp³-hybridized carbons (Fsp3) is 0.481. The number of rotatable bonds is 16. The zero-order valence-electron chi connectivity index (χ0n) is 21.5. The normalized spacial score (nSPS) is 12.1. The number of hydrogen-bond donors (Lipinski definition) is 1. The number of carboxylic acid groups (broad SMARTS) is 1. The van der Waals surface area contributed by atoms with Crippen LogP contribution in [0.2, 0.25) is 0 Å². The van der Waals surface area contributed by atoms with E-state index in [-0.39, 0.29) is 32.7 Å². The van der Waals surface area contributed by atoms with Crippen molar-refractivity contribution in [1.29, 1.82) is 0 Å². The van der Waals surface area contributed by atoms with Crippen LogP contribution in [-0.2, 0) is 26.9 Å². The van der Waals surface area contributed by atoms with E-state index in [1.807, 2.05) is 6.92 Å². The van der Waals surface area contributed by atoms with Crippen molar-refractivity contribution in [1.82, 2.24) is 4.90 Å². The fourth-order valence-corrected chi connectivity index (χ4v) is 3.47. The lowest BCUT2D eigenvalue weighted by Crippen LogP contribution is -2.38. The second kappa shape index (κ2) is 15.8. The van der Waals surface area contributed by atoms with Gasteiger partial charge in [-0.1, -0.05) is 31.2 Å². The van der Waals surface area contributed by atoms with Gasteiger partial charge in [-0.3, -0.25) is 0 Å². The summed E-state index contributed by atoms with van der Waals surface area (Å²) in [6, 6.07) is 11.3. The van der Waals surface area contributed by atoms with Gasteiger partial charge in [0.25, 0.3) is 0 Å². The molecule has 8 nitrogen and oxygen atoms in total. The van der Waals surface area contributed by atoms with E-state index in [0.717, 1.165) is 24.1 Å². The molecule has 210 valence electrons. The molecular weight excluding hydrogens is 507 g/mol. The summed E-state index contributed by atoms with van der Waals surface area (Å²) in [6.07, 6.45) is -5.03. The van der Waals surface area contributed by atoms with Gasteiger partial charge in [-0.15, -0.1) is 0 Å². The molecule has 2 aromatic rings. The van der Waals surface area contributed by atoms with Crippen LogP contribution in [0.3, 0.4) is 0 Å². The van der Waals surface area contributed by atoms with Crippen LogP contribution in [0.4, 0.5) is 18.0 Å². The summed E-state index contributed by atoms with van der Waals surface area (Å²) in [5, 5.41) is 9.23. The number of halogens is 3. The molecule has 0 bridgehead atoms. The SMILES string of the molecule is CCCOCCCN(CCOc1ccc(CC(OCC)C(=O)O)cc1)C(=O)Oc1ccccc1C(F)(F)F. The van der Waals surface area contributed by atoms with Gasteiger partial charge >= 0.3 is 18.2 Å². The zero-order chi connectivity index (χ0) is 28.0. The molecule has 0 saturated heterocycles. The number of nitrogens with zero attached hydrogens (tertiary/aromatic N) is 1. The van der Waals surface area contributed by atoms with Gasteiger partial charge in [-0.05, 0) is 49.6 Å². The van der Waals surface area contributed by atoms with E-state index in [9.17, 15) is 27.9 Å². The van der Waals surface area contributed by atoms with Gasteiger partial charge in [0.05, 0.1) is 12.1 Å². The highest BCUT2D eigenvalue weighted by Crippen LogP contribution is 2.36. The van der Waals surface area contributed by atoms with Crippen molar-refractivity contribution in [2.24, 2.45) is 0 Å². The van der Waals surface area contributed by atoms with Crippen molar-refractivity contribution in [2.75, 3.05) is 39.5 Å². The van der Waals surface area contributed by atoms with Crippen LogP contribution in [0.5, 0.6) is 11.5 Å². The number of ether oxygens (including phenoxy) is 4. The Morgan fingerprint density at radius 2 is 1.68 bits per heavy atom. The molecule has 2 rings (SSSR count). The van der Waals surface area contributed by atoms with E-state index in [2.05, 4.69) is 0 Å². The molecule has 2 aromatic carbocycles. The van der Waals surface area contributed by atoms with E-state index < -0.39 is 35.7 Å². The molecule has 11 heteroatoms. The maximum absolute atomic E-state index is 13.3. The lowest BCUT2D eigenvalue weighted by atomic mass is 10.1. The highest BCUT2D eigenvalue weighted by molar-refractivity contribution is 5.72. The molecule has 0 saturated carbocycles. The molecule has 0 aliphatic heterocycles. The van der Waals surface area contributed by atoms with Crippen molar-refractivity contribution in [3.05, 3.63) is 59.7 Å². The number of benzene rings is 2. The van der Waals surface area contributed by atoms with Crippen LogP contribution in [0.15, 0.2) is 48.5 Å². The first-order valence-corrected chi connectivity index (χ1v) is 12.4. The van der Waals surface area contributed by atoms with Gasteiger partial charge in [0.15, 0.2) is 6.10 Å². The predicted molar refractivity (Wildman–Crippen MR) is 133 cm³/mol. The number of aliphatic carboxylic acids is 1. The number of para-hydroxylation sites is 1. The van der Waals surface area contributed by atoms with Crippen LogP contribution in [0.25, 0.3) is 0 Å². The molecule has 1 atom stereocenters. The van der Waals surface area contributed by atoms with E-state index in [1.165, 1.54) is 17.0 Å². The topological polar surface area (TPSA) is 94.5 Å². The monoisotopic (exact) mass is 541 g/mol. The summed E-state index contributed by atoms with van der Waals surface area (Å²) in [5.74, 6) is -1.13. The Labute approximate surface area is 220 Å². The van der Waals surface area contributed by atoms with E-state index in [1.54, 1.807) is 31.2 Å². The van der Waals surface area contributed by atoms with Crippen LogP contribution >= 0.6 is 0 Å². The number of hydrogen-bond acceptors (Lipinski definition) is 6. The molecule has 0 aliphatic rings. The Morgan fingerprint density at radius 3 is 2.32 bits per heavy atom. The highest BCUT2D eigenvalue weighted by atomic mass is 19.4. The van der Waals surface area contributed by atoms with Crippen molar-refractivity contribution >= 4 is 12.1 Å². The summed E-state index contributed by atoms with van der Waals surface area (Å²) in [7, 11) is 0. The Hall–Kier alpha value is -3.31. The lowest BCUT2D eigenvalue weighted by Gasteiger charge is -2.23. The lowest BCUT2D eigenvalue weighted by molar-refractivity contribution is -0.150. The minimum absolute atomic E-state index is 0.0574. The minimum Gasteiger partial charge on any atom is -0.492 e. The molecule has 38 heavy (non-hydrogen) atoms. The molecule has 0 radical (unpaired) electrons. The molecule has 0 aliphatic carbocycles. The van der Waals surface area contributed by atoms with Crippen LogP contribution < -0.4 is 9.47 Å². The number of carbonyl (C=O) groups is 2. The van der Waals surface area contributed by atoms with E-state index in [0.29, 0.717) is 25.4 Å². The maximum Gasteiger partial charge on any atom is 0.419 e. The van der Waals surface area contributed by atoms with Crippen LogP contribution in [0.1, 0.15) is 37.8 Å². The first kappa shape index (κ1) is 30.9. The van der Waals surface area contributed by atoms with Crippen molar-refractivity contribution in [3.63, 3.8) is 0 Å². The van der Waals surface area contributed by atoms with Crippen molar-refractivity contribution < 1.29 is 46.8 Å². The zero-order valence-corrected chi connectivity index (χ0v) is 21.5. The average Bonchev–Trinajstić information content (AvgIpc) is 2.87. The van der Waals surface area contributed by atoms with Gasteiger partial charge < -0.3 is 29.0 Å². The third kappa shape index (κ3) is 10.6. The summed E-state index contributed by atoms with van der Waals surface area (Å²) in [5.41, 5.74) is -0.288. The molecular formula is C27H34F3NO7. The summed E-state index contributed by atoms with van der Waals surface area (Å²) < 4.78 is 61.4.